The second-order valence-electron chi connectivity index (χ2n) is 37.0. The molecule has 0 aromatic carbocycles. The van der Waals surface area contributed by atoms with Crippen molar-refractivity contribution < 1.29 is 318 Å². The third kappa shape index (κ3) is 23.4. The Morgan fingerprint density at radius 2 is 0.217 bits per heavy atom. The van der Waals surface area contributed by atoms with Gasteiger partial charge in [-0.25, -0.2) is 0 Å². The fourth-order valence-corrected chi connectivity index (χ4v) is 19.8. The molecule has 0 amide bonds. The summed E-state index contributed by atoms with van der Waals surface area (Å²) in [6.07, 6.45) is -126. The van der Waals surface area contributed by atoms with Crippen LogP contribution in [-0.2, 0) is 118 Å². The van der Waals surface area contributed by atoms with E-state index in [2.05, 4.69) is 0 Å². The van der Waals surface area contributed by atoms with Crippen LogP contribution in [-0.4, -0.2) is 678 Å². The van der Waals surface area contributed by atoms with Gasteiger partial charge in [0.05, 0.1) is 91.5 Å². The Morgan fingerprint density at radius 3 is 0.329 bits per heavy atom. The van der Waals surface area contributed by atoms with Gasteiger partial charge >= 0.3 is 0 Å². The number of hydrogen-bond donors (Lipinski definition) is 39. The standard InChI is InChI=1S/C42H70O35.C37H62O29/c43-1-8-29-15(50)22(57)36(64-8)72-30-9(2-44)66-38(24(59)17(30)52)74-32-11(4-46)68-40(26(61)19(32)54)76-34-13(6-48)70-42(28(63)21(34)56)77-35-14(7-49)69-41(27(62)20(35)55)75-33-12(5-47)67-39(25(60)18(33)53)73-31-10(3-45)65-37(71-29)23(58)16(31)51;38-2-8-1-9-15(44)16(45)27(8)62-33-23(52)18(47)29(11(4-40)58-33)64-35-25(54)20(49)31(13(6-42)60-35)66-37-26(55)21(50)32(14(7-43)61-37)65-36-24(53)19(48)30(12(5-41)59-36)63-34-22(51)17(46)28(56-9)10(3-39)57-34/h8-63H,1-7H2;8-55H,1-7H2/t8-,9-,10-,11-,12-,13-,14-,15-,16-,17-,18-,19-,20-,21-,22-,23-,24-,25-,26-,27-,28-,29-,30-,31-,32-,33?,34?,35?,36?,37?,38?,39?,40?,41?,42?;8-,9?,10-,11-,12-,13-,14-,15+,16-,17-,18-,19-,20-,21-,22-,23-,24-,25-,26-,27?,28?,29-,30-,31-,32-,33?,34?,35?,36?,37?/m11/s1. The van der Waals surface area contributed by atoms with Crippen LogP contribution in [0.15, 0.2) is 0 Å². The number of hydrogen-bond acceptors (Lipinski definition) is 64. The molecule has 26 bridgehead atoms. The molecular weight excluding hydrogens is 1970 g/mol. The Morgan fingerprint density at radius 1 is 0.112 bits per heavy atom. The summed E-state index contributed by atoms with van der Waals surface area (Å²) < 4.78 is 142. The van der Waals surface area contributed by atoms with E-state index in [-0.39, 0.29) is 6.42 Å². The van der Waals surface area contributed by atoms with Gasteiger partial charge < -0.3 is 318 Å². The lowest BCUT2D eigenvalue weighted by atomic mass is 9.80. The zero-order valence-electron chi connectivity index (χ0n) is 75.1. The first-order valence-corrected chi connectivity index (χ1v) is 46.1. The molecule has 43 fully saturated rings. The van der Waals surface area contributed by atoms with Gasteiger partial charge in [-0.3, -0.25) is 0 Å². The van der Waals surface area contributed by atoms with Crippen LogP contribution in [0.3, 0.4) is 0 Å². The van der Waals surface area contributed by atoms with Crippen LogP contribution in [0.4, 0.5) is 0 Å². The maximum atomic E-state index is 11.3. The highest BCUT2D eigenvalue weighted by atomic mass is 16.8. The Bertz CT molecular complexity index is 3170. The maximum Gasteiger partial charge on any atom is 0.187 e. The molecule has 64 heteroatoms. The Balaban J connectivity index is 0.000000230. The van der Waals surface area contributed by atoms with E-state index < -0.39 is 485 Å². The molecule has 1 aliphatic carbocycles. The average Bonchev–Trinajstić information content (AvgIpc) is 0.940. The van der Waals surface area contributed by atoms with E-state index in [0.717, 1.165) is 0 Å². The van der Waals surface area contributed by atoms with Crippen molar-refractivity contribution in [2.24, 2.45) is 5.92 Å². The average molecular weight is 2110 g/mol. The lowest BCUT2D eigenvalue weighted by Crippen LogP contribution is -2.68. The normalized spacial score (nSPS) is 55.4. The molecule has 0 aromatic rings. The molecule has 0 radical (unpaired) electrons. The predicted octanol–water partition coefficient (Wildman–Crippen LogP) is -27.6. The van der Waals surface area contributed by atoms with E-state index in [1.54, 1.807) is 0 Å². The van der Waals surface area contributed by atoms with Crippen molar-refractivity contribution in [2.75, 3.05) is 85.9 Å². The lowest BCUT2D eigenvalue weighted by molar-refractivity contribution is -0.396. The van der Waals surface area contributed by atoms with E-state index in [4.69, 9.17) is 118 Å². The molecule has 43 rings (SSSR count). The number of aliphatic hydroxyl groups excluding tert-OH is 39. The third-order valence-electron chi connectivity index (χ3n) is 28.0. The van der Waals surface area contributed by atoms with Crippen molar-refractivity contribution >= 4 is 0 Å². The molecule has 43 aliphatic rings. The summed E-state index contributed by atoms with van der Waals surface area (Å²) in [4.78, 5) is 0. The molecule has 42 saturated heterocycles. The van der Waals surface area contributed by atoms with Crippen molar-refractivity contribution in [1.82, 2.24) is 0 Å². The Hall–Kier alpha value is -2.56. The zero-order valence-corrected chi connectivity index (χ0v) is 75.1. The maximum absolute atomic E-state index is 11.3. The van der Waals surface area contributed by atoms with Crippen LogP contribution in [0, 0.1) is 5.92 Å². The summed E-state index contributed by atoms with van der Waals surface area (Å²) in [6, 6.07) is 0. The smallest absolute Gasteiger partial charge is 0.187 e. The van der Waals surface area contributed by atoms with Gasteiger partial charge in [-0.1, -0.05) is 0 Å². The van der Waals surface area contributed by atoms with E-state index >= 15 is 0 Å². The quantitative estimate of drug-likeness (QED) is 0.0814. The highest BCUT2D eigenvalue weighted by Gasteiger charge is 2.65. The second kappa shape index (κ2) is 49.9. The molecule has 143 heavy (non-hydrogen) atoms. The monoisotopic (exact) mass is 2100 g/mol. The molecule has 39 N–H and O–H groups in total. The molecular formula is C79H132O64. The Kier molecular flexibility index (Phi) is 40.5. The molecule has 1 saturated carbocycles. The van der Waals surface area contributed by atoms with Gasteiger partial charge in [-0.2, -0.15) is 0 Å². The van der Waals surface area contributed by atoms with Crippen molar-refractivity contribution in [3.05, 3.63) is 0 Å². The fraction of sp³-hybridized carbons (Fsp3) is 1.00. The van der Waals surface area contributed by atoms with Crippen molar-refractivity contribution in [2.45, 2.75) is 399 Å². The second-order valence-corrected chi connectivity index (χ2v) is 37.0. The van der Waals surface area contributed by atoms with Gasteiger partial charge in [0, 0.05) is 12.5 Å². The minimum atomic E-state index is -2.21. The summed E-state index contributed by atoms with van der Waals surface area (Å²) in [7, 11) is 0. The van der Waals surface area contributed by atoms with Gasteiger partial charge in [0.1, 0.15) is 305 Å². The molecule has 832 valence electrons. The SMILES string of the molecule is OC[C@H]1CC2OC3[C@@H](CO)OC(O[C@H]4[C@H](O)[C@@H](O)C(O[C@H]5[C@H](O)[C@@H](O)C(O[C@H]6[C@H](O)[C@@H](O)C(O[C@H]7[C@H](O)[C@@H](O)C(OC1[C@H](O)[C@H]2O)O[C@@H]7CO)O[C@@H]6CO)O[C@@H]5CO)O[C@@H]4CO)[C@H](O)[C@H]3O.OC[C@H]1OC2OC3[C@@H](CO)OC(OC4[C@@H](CO)OC(O[C@H]5[C@H](O)[C@@H](O)C(O[C@H]6[C@H](O)[C@@H](O)C(O[C@H]7[C@H](O)[C@@H](O)C(O[C@H]8[C@H](O)[C@@H](O)C(OC1[C@H](O)[C@H]2O)O[C@@H]8CO)O[C@@H]7CO)O[C@@H]6CO)O[C@@H]5CO)[C@H](O)[C@H]4O)[C@H](O)[C@H]3O. The number of aliphatic hydroxyl groups is 39. The van der Waals surface area contributed by atoms with Gasteiger partial charge in [0.25, 0.3) is 0 Å². The highest BCUT2D eigenvalue weighted by molar-refractivity contribution is 5.07. The van der Waals surface area contributed by atoms with Crippen molar-refractivity contribution in [3.63, 3.8) is 0 Å². The molecule has 0 aromatic heterocycles. The van der Waals surface area contributed by atoms with Gasteiger partial charge in [0.2, 0.25) is 0 Å². The molecule has 42 heterocycles. The van der Waals surface area contributed by atoms with Crippen LogP contribution in [0.25, 0.3) is 0 Å². The van der Waals surface area contributed by atoms with Crippen molar-refractivity contribution in [1.29, 1.82) is 0 Å². The van der Waals surface area contributed by atoms with E-state index in [9.17, 15) is 199 Å². The minimum Gasteiger partial charge on any atom is -0.396 e. The highest BCUT2D eigenvalue weighted by Crippen LogP contribution is 2.45. The van der Waals surface area contributed by atoms with Gasteiger partial charge in [-0.15, -0.1) is 0 Å². The predicted molar refractivity (Wildman–Crippen MR) is 427 cm³/mol. The first-order chi connectivity index (χ1) is 68.1. The number of rotatable bonds is 13. The summed E-state index contributed by atoms with van der Waals surface area (Å²) in [5, 5.41) is 427. The lowest BCUT2D eigenvalue weighted by Gasteiger charge is -2.50. The van der Waals surface area contributed by atoms with E-state index in [1.165, 1.54) is 0 Å². The van der Waals surface area contributed by atoms with E-state index in [0.29, 0.717) is 0 Å². The number of ether oxygens (including phenoxy) is 25. The van der Waals surface area contributed by atoms with Crippen LogP contribution >= 0.6 is 0 Å². The summed E-state index contributed by atoms with van der Waals surface area (Å²) >= 11 is 0. The van der Waals surface area contributed by atoms with Gasteiger partial charge in [0.15, 0.2) is 75.5 Å². The van der Waals surface area contributed by atoms with Crippen LogP contribution in [0.5, 0.6) is 0 Å². The first-order valence-electron chi connectivity index (χ1n) is 46.1. The summed E-state index contributed by atoms with van der Waals surface area (Å²) in [5.74, 6) is -1.17. The topological polar surface area (TPSA) is 1020 Å². The van der Waals surface area contributed by atoms with Crippen LogP contribution < -0.4 is 0 Å². The molecule has 18 unspecified atom stereocenters. The van der Waals surface area contributed by atoms with Crippen LogP contribution in [0.2, 0.25) is 0 Å². The van der Waals surface area contributed by atoms with Crippen molar-refractivity contribution in [3.8, 4) is 0 Å². The third-order valence-corrected chi connectivity index (χ3v) is 28.0. The summed E-state index contributed by atoms with van der Waals surface area (Å²) in [6.45, 7) is -13.0. The van der Waals surface area contributed by atoms with Gasteiger partial charge in [-0.05, 0) is 6.42 Å². The zero-order chi connectivity index (χ0) is 104. The fourth-order valence-electron chi connectivity index (χ4n) is 19.8. The molecule has 0 spiro atoms. The molecule has 42 aliphatic heterocycles. The largest absolute Gasteiger partial charge is 0.396 e. The first kappa shape index (κ1) is 116. The minimum absolute atomic E-state index is 0.374. The molecule has 65 atom stereocenters. The van der Waals surface area contributed by atoms with Crippen LogP contribution in [0.1, 0.15) is 6.42 Å². The summed E-state index contributed by atoms with van der Waals surface area (Å²) in [5.41, 5.74) is 0. The molecule has 64 nitrogen and oxygen atoms in total. The Labute approximate surface area is 806 Å². The van der Waals surface area contributed by atoms with E-state index in [1.807, 2.05) is 0 Å².